The second kappa shape index (κ2) is 17.9. The van der Waals surface area contributed by atoms with Crippen molar-refractivity contribution in [2.24, 2.45) is 0 Å². The summed E-state index contributed by atoms with van der Waals surface area (Å²) >= 11 is 0. The molecule has 1 aliphatic rings. The molecule has 1 aliphatic heterocycles. The number of benzene rings is 1. The summed E-state index contributed by atoms with van der Waals surface area (Å²) in [5.74, 6) is 1.30. The largest absolute Gasteiger partial charge is 0.383 e. The first kappa shape index (κ1) is 36.0. The van der Waals surface area contributed by atoms with E-state index in [4.69, 9.17) is 21.4 Å². The summed E-state index contributed by atoms with van der Waals surface area (Å²) in [6, 6.07) is 18.8. The molecule has 0 radical (unpaired) electrons. The van der Waals surface area contributed by atoms with Crippen LogP contribution in [0.25, 0.3) is 28.6 Å². The molecule has 1 fully saturated rings. The lowest BCUT2D eigenvalue weighted by molar-refractivity contribution is 0.211. The molecule has 0 aliphatic carbocycles. The fourth-order valence-electron chi connectivity index (χ4n) is 5.25. The van der Waals surface area contributed by atoms with E-state index in [-0.39, 0.29) is 11.5 Å². The van der Waals surface area contributed by atoms with Gasteiger partial charge in [-0.25, -0.2) is 24.3 Å². The number of nitrogens with zero attached hydrogens (tertiary/aromatic N) is 7. The third-order valence-electron chi connectivity index (χ3n) is 7.57. The number of H-pyrrole nitrogens is 1. The monoisotopic (exact) mass is 659 g/mol. The molecule has 0 spiro atoms. The predicted octanol–water partition coefficient (Wildman–Crippen LogP) is 7.13. The standard InChI is InChI=1S/C33H30FN11.2C2H6/c34-23-7-9-27(40-19-23)26(36)8-10-28-43-31(32(44-28)25-2-1-14-39-33(25)37)22-5-3-21(4-6-22)20-45-16-12-24(13-17-45)41-29-11-15-38-30(18-35)42-29;2*1-2/h1-11,14-15,19,24,36H,12-13,16-17,20H2,(H2,37,39)(H,43,44)(H,38,41,42);2*1-2H3/b10-8-,36-26?;;. The Bertz CT molecular complexity index is 1870. The van der Waals surface area contributed by atoms with Crippen LogP contribution in [-0.4, -0.2) is 59.6 Å². The minimum atomic E-state index is -0.454. The van der Waals surface area contributed by atoms with Gasteiger partial charge in [0.05, 0.1) is 29.0 Å². The van der Waals surface area contributed by atoms with Crippen LogP contribution in [0.3, 0.4) is 0 Å². The van der Waals surface area contributed by atoms with E-state index in [1.807, 2.05) is 45.9 Å². The predicted molar refractivity (Wildman–Crippen MR) is 193 cm³/mol. The maximum absolute atomic E-state index is 13.2. The highest BCUT2D eigenvalue weighted by Crippen LogP contribution is 2.33. The highest BCUT2D eigenvalue weighted by molar-refractivity contribution is 6.07. The van der Waals surface area contributed by atoms with Crippen LogP contribution < -0.4 is 11.1 Å². The number of nitriles is 1. The smallest absolute Gasteiger partial charge is 0.234 e. The Morgan fingerprint density at radius 1 is 1.02 bits per heavy atom. The number of aromatic amines is 1. The van der Waals surface area contributed by atoms with E-state index in [9.17, 15) is 4.39 Å². The number of hydrogen-bond acceptors (Lipinski definition) is 10. The van der Waals surface area contributed by atoms with Crippen molar-refractivity contribution in [3.63, 3.8) is 0 Å². The average molecular weight is 660 g/mol. The first-order valence-electron chi connectivity index (χ1n) is 16.5. The molecular weight excluding hydrogens is 617 g/mol. The fourth-order valence-corrected chi connectivity index (χ4v) is 5.25. The van der Waals surface area contributed by atoms with Crippen LogP contribution in [-0.2, 0) is 6.54 Å². The minimum absolute atomic E-state index is 0.127. The number of likely N-dealkylation sites (tertiary alicyclic amines) is 1. The summed E-state index contributed by atoms with van der Waals surface area (Å²) < 4.78 is 13.2. The first-order valence-corrected chi connectivity index (χ1v) is 16.5. The first-order chi connectivity index (χ1) is 23.9. The van der Waals surface area contributed by atoms with Crippen LogP contribution in [0.1, 0.15) is 63.4 Å². The third-order valence-corrected chi connectivity index (χ3v) is 7.57. The molecule has 1 aromatic carbocycles. The van der Waals surface area contributed by atoms with Gasteiger partial charge in [-0.05, 0) is 60.9 Å². The highest BCUT2D eigenvalue weighted by atomic mass is 19.1. The molecule has 1 saturated heterocycles. The zero-order valence-corrected chi connectivity index (χ0v) is 28.3. The minimum Gasteiger partial charge on any atom is -0.383 e. The van der Waals surface area contributed by atoms with Crippen molar-refractivity contribution in [3.05, 3.63) is 108 Å². The van der Waals surface area contributed by atoms with Crippen LogP contribution >= 0.6 is 0 Å². The lowest BCUT2D eigenvalue weighted by Gasteiger charge is -2.32. The van der Waals surface area contributed by atoms with E-state index in [2.05, 4.69) is 59.4 Å². The molecule has 0 saturated carbocycles. The second-order valence-corrected chi connectivity index (χ2v) is 10.7. The number of piperidine rings is 1. The van der Waals surface area contributed by atoms with Gasteiger partial charge < -0.3 is 16.0 Å². The molecule has 0 bridgehead atoms. The number of halogens is 1. The summed E-state index contributed by atoms with van der Waals surface area (Å²) in [4.78, 5) is 27.0. The van der Waals surface area contributed by atoms with Crippen LogP contribution in [0, 0.1) is 22.6 Å². The highest BCUT2D eigenvalue weighted by Gasteiger charge is 2.20. The van der Waals surface area contributed by atoms with Gasteiger partial charge in [-0.3, -0.25) is 15.3 Å². The van der Waals surface area contributed by atoms with E-state index < -0.39 is 5.82 Å². The van der Waals surface area contributed by atoms with Crippen molar-refractivity contribution in [2.75, 3.05) is 24.1 Å². The van der Waals surface area contributed by atoms with Crippen LogP contribution in [0.5, 0.6) is 0 Å². The van der Waals surface area contributed by atoms with Gasteiger partial charge in [-0.2, -0.15) is 5.26 Å². The number of aromatic nitrogens is 6. The normalized spacial score (nSPS) is 13.1. The molecule has 11 nitrogen and oxygen atoms in total. The summed E-state index contributed by atoms with van der Waals surface area (Å²) in [5.41, 5.74) is 11.0. The van der Waals surface area contributed by atoms with Crippen molar-refractivity contribution in [2.45, 2.75) is 53.1 Å². The fraction of sp³-hybridized carbons (Fsp3) is 0.270. The SMILES string of the molecule is CC.CC.N#Cc1nccc(NC2CCN(Cc3ccc(-c4nc(/C=C\C(=N)c5ccc(F)cn5)[nH]c4-c4cccnc4N)cc3)CC2)n1. The van der Waals surface area contributed by atoms with Gasteiger partial charge in [0, 0.05) is 49.2 Å². The Hall–Kier alpha value is -5.80. The van der Waals surface area contributed by atoms with Crippen molar-refractivity contribution in [1.82, 2.24) is 34.8 Å². The molecule has 12 heteroatoms. The number of nitrogen functional groups attached to an aromatic ring is 1. The summed E-state index contributed by atoms with van der Waals surface area (Å²) in [6.45, 7) is 10.7. The Morgan fingerprint density at radius 2 is 1.78 bits per heavy atom. The number of pyridine rings is 2. The van der Waals surface area contributed by atoms with Crippen molar-refractivity contribution < 1.29 is 4.39 Å². The van der Waals surface area contributed by atoms with Gasteiger partial charge in [0.2, 0.25) is 5.82 Å². The van der Waals surface area contributed by atoms with Gasteiger partial charge in [0.25, 0.3) is 0 Å². The van der Waals surface area contributed by atoms with Gasteiger partial charge >= 0.3 is 0 Å². The van der Waals surface area contributed by atoms with Gasteiger partial charge in [0.1, 0.15) is 29.3 Å². The van der Waals surface area contributed by atoms with E-state index in [0.717, 1.165) is 55.5 Å². The quantitative estimate of drug-likeness (QED) is 0.120. The van der Waals surface area contributed by atoms with Crippen LogP contribution in [0.4, 0.5) is 16.0 Å². The number of rotatable bonds is 9. The maximum atomic E-state index is 13.2. The lowest BCUT2D eigenvalue weighted by atomic mass is 10.0. The summed E-state index contributed by atoms with van der Waals surface area (Å²) in [6.07, 6.45) is 9.52. The van der Waals surface area contributed by atoms with E-state index in [1.165, 1.54) is 17.7 Å². The van der Waals surface area contributed by atoms with Crippen LogP contribution in [0.15, 0.2) is 79.3 Å². The van der Waals surface area contributed by atoms with Crippen molar-refractivity contribution in [1.29, 1.82) is 10.7 Å². The Labute approximate surface area is 286 Å². The Kier molecular flexibility index (Phi) is 13.2. The number of hydrogen-bond donors (Lipinski definition) is 4. The van der Waals surface area contributed by atoms with Crippen molar-refractivity contribution in [3.8, 4) is 28.6 Å². The average Bonchev–Trinajstić information content (AvgIpc) is 3.58. The zero-order chi connectivity index (χ0) is 35.2. The van der Waals surface area contributed by atoms with E-state index >= 15 is 0 Å². The lowest BCUT2D eigenvalue weighted by Crippen LogP contribution is -2.38. The molecule has 4 aromatic heterocycles. The molecule has 0 atom stereocenters. The number of anilines is 2. The van der Waals surface area contributed by atoms with Crippen LogP contribution in [0.2, 0.25) is 0 Å². The maximum Gasteiger partial charge on any atom is 0.234 e. The number of imidazole rings is 1. The second-order valence-electron chi connectivity index (χ2n) is 10.7. The molecule has 5 N–H and O–H groups in total. The summed E-state index contributed by atoms with van der Waals surface area (Å²) in [7, 11) is 0. The topological polar surface area (TPSA) is 169 Å². The number of nitrogens with two attached hydrogens (primary N) is 1. The van der Waals surface area contributed by atoms with Gasteiger partial charge in [-0.1, -0.05) is 52.0 Å². The molecule has 0 amide bonds. The molecule has 5 aromatic rings. The molecule has 252 valence electrons. The van der Waals surface area contributed by atoms with Gasteiger partial charge in [-0.15, -0.1) is 0 Å². The van der Waals surface area contributed by atoms with Gasteiger partial charge in [0.15, 0.2) is 0 Å². The number of allylic oxidation sites excluding steroid dienone is 1. The molecular formula is C37H42FN11. The zero-order valence-electron chi connectivity index (χ0n) is 28.3. The van der Waals surface area contributed by atoms with Crippen molar-refractivity contribution >= 4 is 23.4 Å². The van der Waals surface area contributed by atoms with E-state index in [0.29, 0.717) is 34.9 Å². The summed E-state index contributed by atoms with van der Waals surface area (Å²) in [5, 5.41) is 20.8. The molecule has 5 heterocycles. The third kappa shape index (κ3) is 9.62. The Balaban J connectivity index is 0.00000130. The number of nitrogens with one attached hydrogen (secondary N) is 3. The molecule has 49 heavy (non-hydrogen) atoms. The van der Waals surface area contributed by atoms with E-state index in [1.54, 1.807) is 30.6 Å². The molecule has 6 rings (SSSR count). The Morgan fingerprint density at radius 3 is 2.45 bits per heavy atom. The molecule has 0 unspecified atom stereocenters.